The van der Waals surface area contributed by atoms with Crippen molar-refractivity contribution >= 4 is 33.7 Å². The summed E-state index contributed by atoms with van der Waals surface area (Å²) in [4.78, 5) is 13.6. The van der Waals surface area contributed by atoms with Crippen LogP contribution in [0.3, 0.4) is 0 Å². The molecule has 0 atom stereocenters. The van der Waals surface area contributed by atoms with Crippen molar-refractivity contribution in [3.05, 3.63) is 37.2 Å². The number of anilines is 1. The molecule has 4 heterocycles. The van der Waals surface area contributed by atoms with Gasteiger partial charge in [0, 0.05) is 29.8 Å². The number of nitrogens with one attached hydrogen (secondary N) is 3. The number of fused-ring (bicyclic) bond motifs is 1. The normalized spacial score (nSPS) is 13.9. The summed E-state index contributed by atoms with van der Waals surface area (Å²) in [5, 5.41) is 16.8. The van der Waals surface area contributed by atoms with E-state index >= 15 is 0 Å². The number of aryl methyl sites for hydroxylation is 2. The molecule has 166 valence electrons. The van der Waals surface area contributed by atoms with Gasteiger partial charge in [0.1, 0.15) is 9.88 Å². The van der Waals surface area contributed by atoms with Crippen molar-refractivity contribution in [1.82, 2.24) is 20.8 Å². The Labute approximate surface area is 184 Å². The molecule has 1 aliphatic rings. The first-order valence-electron chi connectivity index (χ1n) is 9.51. The summed E-state index contributed by atoms with van der Waals surface area (Å²) >= 11 is 2.09. The molecule has 0 radical (unpaired) electrons. The largest absolute Gasteiger partial charge is 0.425 e. The number of hydrogen-bond acceptors (Lipinski definition) is 7. The number of halogens is 3. The zero-order valence-corrected chi connectivity index (χ0v) is 18.6. The summed E-state index contributed by atoms with van der Waals surface area (Å²) in [7, 11) is 0. The Kier molecular flexibility index (Phi) is 5.79. The van der Waals surface area contributed by atoms with Crippen LogP contribution in [-0.4, -0.2) is 22.8 Å². The van der Waals surface area contributed by atoms with Crippen LogP contribution in [0, 0.1) is 20.8 Å². The van der Waals surface area contributed by atoms with E-state index in [9.17, 15) is 18.0 Å². The molecule has 0 fully saturated rings. The molecule has 1 aliphatic heterocycles. The fourth-order valence-corrected chi connectivity index (χ4v) is 5.75. The zero-order chi connectivity index (χ0) is 22.3. The van der Waals surface area contributed by atoms with Crippen LogP contribution in [0.5, 0.6) is 0 Å². The minimum atomic E-state index is -4.46. The molecule has 7 nitrogen and oxygen atoms in total. The van der Waals surface area contributed by atoms with Gasteiger partial charge in [0.2, 0.25) is 5.89 Å². The predicted octanol–water partition coefficient (Wildman–Crippen LogP) is 4.77. The molecule has 0 aromatic carbocycles. The minimum Gasteiger partial charge on any atom is -0.421 e. The highest BCUT2D eigenvalue weighted by Gasteiger charge is 2.38. The van der Waals surface area contributed by atoms with Gasteiger partial charge in [-0.25, -0.2) is 4.79 Å². The van der Waals surface area contributed by atoms with Crippen molar-refractivity contribution < 1.29 is 22.4 Å². The van der Waals surface area contributed by atoms with Crippen molar-refractivity contribution in [1.29, 1.82) is 0 Å². The smallest absolute Gasteiger partial charge is 0.421 e. The Bertz CT molecular complexity index is 1130. The second-order valence-electron chi connectivity index (χ2n) is 7.16. The van der Waals surface area contributed by atoms with E-state index in [1.54, 1.807) is 6.92 Å². The molecule has 0 aliphatic carbocycles. The van der Waals surface area contributed by atoms with E-state index in [2.05, 4.69) is 26.1 Å². The lowest BCUT2D eigenvalue weighted by Gasteiger charge is -2.15. The van der Waals surface area contributed by atoms with Crippen LogP contribution in [0.25, 0.3) is 11.5 Å². The van der Waals surface area contributed by atoms with Gasteiger partial charge in [0.05, 0.1) is 5.56 Å². The van der Waals surface area contributed by atoms with Crippen molar-refractivity contribution in [2.75, 3.05) is 11.9 Å². The molecule has 3 aromatic rings. The van der Waals surface area contributed by atoms with E-state index in [0.717, 1.165) is 21.8 Å². The van der Waals surface area contributed by atoms with Gasteiger partial charge in [-0.2, -0.15) is 13.2 Å². The second-order valence-corrected chi connectivity index (χ2v) is 9.49. The Morgan fingerprint density at radius 1 is 1.23 bits per heavy atom. The maximum atomic E-state index is 13.5. The van der Waals surface area contributed by atoms with E-state index in [4.69, 9.17) is 4.42 Å². The van der Waals surface area contributed by atoms with Crippen LogP contribution in [0.15, 0.2) is 4.42 Å². The number of carbonyl (C=O) groups excluding carboxylic acids is 1. The molecule has 0 spiro atoms. The zero-order valence-electron chi connectivity index (χ0n) is 17.0. The fraction of sp³-hybridized carbons (Fsp3) is 0.421. The third-order valence-electron chi connectivity index (χ3n) is 5.07. The standard InChI is InChI=1S/C19H20F3N5O2S2/c1-8-9(2)30-17(14(8)16-27-26-10(3)29-16)25-18(28)24-6-12-11-4-5-23-7-13(11)31-15(12)19(20,21)22/h23H,4-7H2,1-3H3,(H2,24,25,28). The molecular weight excluding hydrogens is 451 g/mol. The number of nitrogens with zero attached hydrogens (tertiary/aromatic N) is 2. The molecule has 0 unspecified atom stereocenters. The number of alkyl halides is 3. The molecule has 0 saturated carbocycles. The highest BCUT2D eigenvalue weighted by Crippen LogP contribution is 2.42. The maximum Gasteiger partial charge on any atom is 0.425 e. The van der Waals surface area contributed by atoms with Crippen molar-refractivity contribution in [2.45, 2.75) is 46.5 Å². The Balaban J connectivity index is 1.54. The topological polar surface area (TPSA) is 92.1 Å². The van der Waals surface area contributed by atoms with Crippen LogP contribution >= 0.6 is 22.7 Å². The van der Waals surface area contributed by atoms with Gasteiger partial charge in [-0.1, -0.05) is 0 Å². The first-order valence-corrected chi connectivity index (χ1v) is 11.1. The van der Waals surface area contributed by atoms with E-state index < -0.39 is 17.1 Å². The average molecular weight is 472 g/mol. The summed E-state index contributed by atoms with van der Waals surface area (Å²) in [5.74, 6) is 0.679. The first-order chi connectivity index (χ1) is 14.6. The fourth-order valence-electron chi connectivity index (χ4n) is 3.50. The third kappa shape index (κ3) is 4.32. The van der Waals surface area contributed by atoms with Crippen LogP contribution < -0.4 is 16.0 Å². The molecule has 12 heteroatoms. The minimum absolute atomic E-state index is 0.149. The van der Waals surface area contributed by atoms with Crippen molar-refractivity contribution in [3.63, 3.8) is 0 Å². The van der Waals surface area contributed by atoms with Gasteiger partial charge < -0.3 is 15.1 Å². The monoisotopic (exact) mass is 471 g/mol. The summed E-state index contributed by atoms with van der Waals surface area (Å²) in [6.07, 6.45) is -3.95. The molecular formula is C19H20F3N5O2S2. The molecule has 4 rings (SSSR count). The summed E-state index contributed by atoms with van der Waals surface area (Å²) in [6.45, 7) is 6.27. The van der Waals surface area contributed by atoms with E-state index in [1.807, 2.05) is 13.8 Å². The molecule has 31 heavy (non-hydrogen) atoms. The molecule has 0 saturated heterocycles. The van der Waals surface area contributed by atoms with Crippen molar-refractivity contribution in [2.24, 2.45) is 0 Å². The Hall–Kier alpha value is -2.44. The third-order valence-corrected chi connectivity index (χ3v) is 7.51. The van der Waals surface area contributed by atoms with Crippen LogP contribution in [0.4, 0.5) is 23.0 Å². The van der Waals surface area contributed by atoms with E-state index in [-0.39, 0.29) is 18.0 Å². The van der Waals surface area contributed by atoms with Gasteiger partial charge >= 0.3 is 12.2 Å². The summed E-state index contributed by atoms with van der Waals surface area (Å²) in [5.41, 5.74) is 2.34. The maximum absolute atomic E-state index is 13.5. The van der Waals surface area contributed by atoms with Gasteiger partial charge in [-0.15, -0.1) is 32.9 Å². The lowest BCUT2D eigenvalue weighted by molar-refractivity contribution is -0.135. The van der Waals surface area contributed by atoms with E-state index in [0.29, 0.717) is 46.4 Å². The second kappa shape index (κ2) is 8.24. The molecule has 2 amide bonds. The van der Waals surface area contributed by atoms with E-state index in [1.165, 1.54) is 11.3 Å². The Morgan fingerprint density at radius 2 is 2.00 bits per heavy atom. The van der Waals surface area contributed by atoms with Crippen LogP contribution in [0.1, 0.15) is 37.2 Å². The Morgan fingerprint density at radius 3 is 2.68 bits per heavy atom. The molecule has 3 N–H and O–H groups in total. The van der Waals surface area contributed by atoms with Crippen LogP contribution in [0.2, 0.25) is 0 Å². The van der Waals surface area contributed by atoms with Gasteiger partial charge in [0.25, 0.3) is 5.89 Å². The van der Waals surface area contributed by atoms with Gasteiger partial charge in [0.15, 0.2) is 0 Å². The lowest BCUT2D eigenvalue weighted by atomic mass is 10.0. The number of amides is 2. The summed E-state index contributed by atoms with van der Waals surface area (Å²) < 4.78 is 46.1. The highest BCUT2D eigenvalue weighted by molar-refractivity contribution is 7.17. The number of urea groups is 1. The number of thiophene rings is 2. The van der Waals surface area contributed by atoms with Crippen molar-refractivity contribution in [3.8, 4) is 11.5 Å². The molecule has 0 bridgehead atoms. The number of carbonyl (C=O) groups is 1. The van der Waals surface area contributed by atoms with Crippen LogP contribution in [-0.2, 0) is 25.7 Å². The number of aromatic nitrogens is 2. The summed E-state index contributed by atoms with van der Waals surface area (Å²) in [6, 6.07) is -0.597. The predicted molar refractivity (Wildman–Crippen MR) is 112 cm³/mol. The van der Waals surface area contributed by atoms with Gasteiger partial charge in [-0.05, 0) is 43.5 Å². The first kappa shape index (κ1) is 21.8. The number of rotatable bonds is 4. The SMILES string of the molecule is Cc1nnc(-c2c(NC(=O)NCc3c(C(F)(F)F)sc4c3CCNC4)sc(C)c2C)o1. The quantitative estimate of drug-likeness (QED) is 0.510. The number of hydrogen-bond donors (Lipinski definition) is 3. The lowest BCUT2D eigenvalue weighted by Crippen LogP contribution is -2.30. The molecule has 3 aromatic heterocycles. The average Bonchev–Trinajstić information content (AvgIpc) is 3.36. The van der Waals surface area contributed by atoms with Gasteiger partial charge in [-0.3, -0.25) is 5.32 Å². The highest BCUT2D eigenvalue weighted by atomic mass is 32.1.